The van der Waals surface area contributed by atoms with Crippen LogP contribution in [0.3, 0.4) is 0 Å². The van der Waals surface area contributed by atoms with Gasteiger partial charge in [-0.3, -0.25) is 0 Å². The minimum atomic E-state index is -0.491. The average molecular weight is 251 g/mol. The number of hydrogen-bond donors (Lipinski definition) is 0. The van der Waals surface area contributed by atoms with Gasteiger partial charge in [-0.05, 0) is 5.92 Å². The van der Waals surface area contributed by atoms with E-state index in [1.165, 1.54) is 0 Å². The molecule has 0 unspecified atom stereocenters. The van der Waals surface area contributed by atoms with E-state index in [1.807, 2.05) is 0 Å². The minimum absolute atomic E-state index is 0. The first-order valence-corrected chi connectivity index (χ1v) is 1.90. The van der Waals surface area contributed by atoms with Crippen LogP contribution in [0.5, 0.6) is 0 Å². The normalized spacial score (nSPS) is 7.86. The molecular weight excluding hydrogens is 243 g/mol. The molecule has 0 atom stereocenters. The predicted octanol–water partition coefficient (Wildman–Crippen LogP) is 1.22. The Hall–Kier alpha value is 0.730. The van der Waals surface area contributed by atoms with E-state index in [0.29, 0.717) is 0 Å². The number of amides is 1. The molecule has 0 saturated carbocycles. The van der Waals surface area contributed by atoms with Gasteiger partial charge in [-0.15, -0.1) is 0 Å². The Bertz CT molecular complexity index is 62.7. The topological polar surface area (TPSA) is 40.9 Å². The SMILES string of the molecule is CC(C)C([NH-])=O.[Ho]. The van der Waals surface area contributed by atoms with Crippen molar-refractivity contribution in [3.63, 3.8) is 0 Å². The van der Waals surface area contributed by atoms with E-state index in [4.69, 9.17) is 5.73 Å². The van der Waals surface area contributed by atoms with Gasteiger partial charge in [0.05, 0.1) is 5.91 Å². The molecule has 3 heteroatoms. The molecular formula is C4H8HoNO-. The molecule has 7 heavy (non-hydrogen) atoms. The van der Waals surface area contributed by atoms with Gasteiger partial charge < -0.3 is 10.5 Å². The molecule has 1 amide bonds. The van der Waals surface area contributed by atoms with Crippen molar-refractivity contribution < 1.29 is 42.5 Å². The van der Waals surface area contributed by atoms with Gasteiger partial charge in [-0.25, -0.2) is 0 Å². The molecule has 0 aromatic rings. The number of carbonyl (C=O) groups is 1. The molecule has 1 radical (unpaired) electrons. The summed E-state index contributed by atoms with van der Waals surface area (Å²) in [6.07, 6.45) is 0. The Balaban J connectivity index is 0. The molecule has 0 bridgehead atoms. The largest absolute Gasteiger partial charge is 0.668 e. The summed E-state index contributed by atoms with van der Waals surface area (Å²) in [6, 6.07) is 0. The van der Waals surface area contributed by atoms with Crippen molar-refractivity contribution in [2.45, 2.75) is 13.8 Å². The van der Waals surface area contributed by atoms with Crippen molar-refractivity contribution in [1.82, 2.24) is 0 Å². The molecule has 0 aliphatic rings. The molecule has 1 N–H and O–H groups in total. The number of carbonyl (C=O) groups excluding carboxylic acids is 1. The van der Waals surface area contributed by atoms with E-state index in [0.717, 1.165) is 0 Å². The summed E-state index contributed by atoms with van der Waals surface area (Å²) in [5.74, 6) is -0.611. The third-order valence-corrected chi connectivity index (χ3v) is 0.524. The zero-order valence-electron chi connectivity index (χ0n) is 4.29. The first kappa shape index (κ1) is 10.7. The first-order valence-electron chi connectivity index (χ1n) is 1.90. The fraction of sp³-hybridized carbons (Fsp3) is 0.750. The Morgan fingerprint density at radius 3 is 1.71 bits per heavy atom. The third-order valence-electron chi connectivity index (χ3n) is 0.524. The van der Waals surface area contributed by atoms with Crippen LogP contribution in [0.15, 0.2) is 0 Å². The second-order valence-electron chi connectivity index (χ2n) is 1.52. The standard InChI is InChI=1S/C4H9NO.Ho/c1-3(2)4(5)6;/h3H,1-2H3,(H2,5,6);/p-1. The van der Waals surface area contributed by atoms with Crippen LogP contribution in [0.25, 0.3) is 5.73 Å². The Morgan fingerprint density at radius 1 is 1.57 bits per heavy atom. The number of rotatable bonds is 1. The number of nitrogens with one attached hydrogen (secondary N) is 1. The molecule has 0 heterocycles. The van der Waals surface area contributed by atoms with Crippen molar-refractivity contribution in [3.05, 3.63) is 5.73 Å². The maximum atomic E-state index is 9.81. The molecule has 0 spiro atoms. The van der Waals surface area contributed by atoms with Crippen LogP contribution >= 0.6 is 0 Å². The first-order chi connectivity index (χ1) is 2.64. The molecule has 0 aromatic heterocycles. The van der Waals surface area contributed by atoms with E-state index in [1.54, 1.807) is 13.8 Å². The monoisotopic (exact) mass is 251 g/mol. The van der Waals surface area contributed by atoms with Gasteiger partial charge >= 0.3 is 0 Å². The Kier molecular flexibility index (Phi) is 7.43. The molecule has 0 rings (SSSR count). The summed E-state index contributed by atoms with van der Waals surface area (Å²) in [4.78, 5) is 9.81. The van der Waals surface area contributed by atoms with Crippen LogP contribution in [-0.4, -0.2) is 5.91 Å². The fourth-order valence-electron chi connectivity index (χ4n) is 0. The second kappa shape index (κ2) is 4.88. The zero-order valence-corrected chi connectivity index (χ0v) is 6.22. The summed E-state index contributed by atoms with van der Waals surface area (Å²) in [7, 11) is 0. The maximum absolute atomic E-state index is 9.81. The van der Waals surface area contributed by atoms with Crippen LogP contribution in [0.1, 0.15) is 13.8 Å². The quantitative estimate of drug-likeness (QED) is 0.646. The van der Waals surface area contributed by atoms with Crippen LogP contribution in [-0.2, 0) is 4.79 Å². The van der Waals surface area contributed by atoms with Crippen molar-refractivity contribution in [2.24, 2.45) is 5.92 Å². The van der Waals surface area contributed by atoms with Gasteiger partial charge in [0.1, 0.15) is 0 Å². The van der Waals surface area contributed by atoms with Crippen molar-refractivity contribution >= 4 is 5.91 Å². The van der Waals surface area contributed by atoms with Gasteiger partial charge in [0.25, 0.3) is 0 Å². The molecule has 0 aliphatic heterocycles. The van der Waals surface area contributed by atoms with E-state index in [2.05, 4.69) is 0 Å². The van der Waals surface area contributed by atoms with E-state index in [-0.39, 0.29) is 43.7 Å². The van der Waals surface area contributed by atoms with E-state index < -0.39 is 5.91 Å². The molecule has 0 aromatic carbocycles. The molecule has 0 aliphatic carbocycles. The van der Waals surface area contributed by atoms with Crippen molar-refractivity contribution in [1.29, 1.82) is 0 Å². The maximum Gasteiger partial charge on any atom is 0.0513 e. The average Bonchev–Trinajstić information content (AvgIpc) is 1.36. The van der Waals surface area contributed by atoms with Gasteiger partial charge in [0, 0.05) is 37.7 Å². The van der Waals surface area contributed by atoms with Crippen LogP contribution in [0, 0.1) is 43.7 Å². The fourth-order valence-corrected chi connectivity index (χ4v) is 0. The van der Waals surface area contributed by atoms with Crippen LogP contribution in [0.4, 0.5) is 0 Å². The summed E-state index contributed by atoms with van der Waals surface area (Å²) in [6.45, 7) is 3.41. The van der Waals surface area contributed by atoms with Crippen molar-refractivity contribution in [2.75, 3.05) is 0 Å². The van der Waals surface area contributed by atoms with Crippen LogP contribution < -0.4 is 0 Å². The van der Waals surface area contributed by atoms with Gasteiger partial charge in [0.15, 0.2) is 0 Å². The van der Waals surface area contributed by atoms with E-state index >= 15 is 0 Å². The predicted molar refractivity (Wildman–Crippen MR) is 24.2 cm³/mol. The summed E-state index contributed by atoms with van der Waals surface area (Å²) >= 11 is 0. The molecule has 2 nitrogen and oxygen atoms in total. The Labute approximate surface area is 73.5 Å². The van der Waals surface area contributed by atoms with Crippen LogP contribution in [0.2, 0.25) is 0 Å². The van der Waals surface area contributed by atoms with E-state index in [9.17, 15) is 4.79 Å². The molecule has 47 valence electrons. The summed E-state index contributed by atoms with van der Waals surface area (Å²) in [5.41, 5.74) is 6.39. The Morgan fingerprint density at radius 2 is 1.71 bits per heavy atom. The summed E-state index contributed by atoms with van der Waals surface area (Å²) in [5, 5.41) is 0. The van der Waals surface area contributed by atoms with Gasteiger partial charge in [-0.1, -0.05) is 13.8 Å². The minimum Gasteiger partial charge on any atom is -0.668 e. The molecule has 0 saturated heterocycles. The zero-order chi connectivity index (χ0) is 5.15. The summed E-state index contributed by atoms with van der Waals surface area (Å²) < 4.78 is 0. The molecule has 0 fully saturated rings. The van der Waals surface area contributed by atoms with Gasteiger partial charge in [-0.2, -0.15) is 0 Å². The van der Waals surface area contributed by atoms with Crippen molar-refractivity contribution in [3.8, 4) is 0 Å². The smallest absolute Gasteiger partial charge is 0.0513 e. The number of hydrogen-bond acceptors (Lipinski definition) is 1. The third kappa shape index (κ3) is 6.73. The second-order valence-corrected chi connectivity index (χ2v) is 1.52. The van der Waals surface area contributed by atoms with Gasteiger partial charge in [0.2, 0.25) is 0 Å².